The average molecular weight is 236 g/mol. The highest BCUT2D eigenvalue weighted by Gasteiger charge is 2.34. The van der Waals surface area contributed by atoms with E-state index in [9.17, 15) is 13.2 Å². The quantitative estimate of drug-likeness (QED) is 0.784. The first-order valence-electron chi connectivity index (χ1n) is 4.56. The number of hydrogen-bond acceptors (Lipinski definition) is 1. The van der Waals surface area contributed by atoms with Crippen LogP contribution in [0.15, 0.2) is 18.2 Å². The number of hydrogen-bond donors (Lipinski definition) is 1. The van der Waals surface area contributed by atoms with Crippen LogP contribution in [0.2, 0.25) is 5.02 Å². The third kappa shape index (κ3) is 2.56. The van der Waals surface area contributed by atoms with Crippen molar-refractivity contribution in [3.05, 3.63) is 28.8 Å². The topological polar surface area (TPSA) is 12.0 Å². The summed E-state index contributed by atoms with van der Waals surface area (Å²) in [6.07, 6.45) is -4.54. The summed E-state index contributed by atoms with van der Waals surface area (Å²) in [5, 5.41) is 3.40. The van der Waals surface area contributed by atoms with Gasteiger partial charge in [0.2, 0.25) is 0 Å². The van der Waals surface area contributed by atoms with Gasteiger partial charge in [-0.1, -0.05) is 11.6 Å². The molecule has 0 saturated heterocycles. The molecule has 5 heteroatoms. The molecule has 0 aromatic heterocycles. The Kier molecular flexibility index (Phi) is 2.54. The van der Waals surface area contributed by atoms with Gasteiger partial charge in [-0.2, -0.15) is 13.2 Å². The number of benzene rings is 1. The first-order valence-corrected chi connectivity index (χ1v) is 4.93. The van der Waals surface area contributed by atoms with Gasteiger partial charge >= 0.3 is 6.18 Å². The number of anilines is 1. The Labute approximate surface area is 90.2 Å². The zero-order valence-corrected chi connectivity index (χ0v) is 8.49. The van der Waals surface area contributed by atoms with Crippen molar-refractivity contribution in [3.8, 4) is 0 Å². The minimum Gasteiger partial charge on any atom is -0.381 e. The van der Waals surface area contributed by atoms with Gasteiger partial charge in [0, 0.05) is 16.8 Å². The number of halogens is 4. The molecule has 2 rings (SSSR count). The predicted molar refractivity (Wildman–Crippen MR) is 53.2 cm³/mol. The SMILES string of the molecule is FC(F)(F)CC1Cc2cc(Cl)ccc2N1. The van der Waals surface area contributed by atoms with E-state index in [1.165, 1.54) is 0 Å². The van der Waals surface area contributed by atoms with Crippen molar-refractivity contribution in [1.29, 1.82) is 0 Å². The molecule has 1 unspecified atom stereocenters. The third-order valence-corrected chi connectivity index (χ3v) is 2.61. The summed E-state index contributed by atoms with van der Waals surface area (Å²) in [7, 11) is 0. The summed E-state index contributed by atoms with van der Waals surface area (Å²) in [5.74, 6) is 0. The number of alkyl halides is 3. The van der Waals surface area contributed by atoms with E-state index in [0.29, 0.717) is 11.4 Å². The van der Waals surface area contributed by atoms with Crippen LogP contribution in [0.25, 0.3) is 0 Å². The average Bonchev–Trinajstić information content (AvgIpc) is 2.42. The molecule has 1 aromatic rings. The zero-order valence-electron chi connectivity index (χ0n) is 7.74. The van der Waals surface area contributed by atoms with Gasteiger partial charge in [-0.05, 0) is 30.2 Å². The van der Waals surface area contributed by atoms with Crippen molar-refractivity contribution < 1.29 is 13.2 Å². The Morgan fingerprint density at radius 2 is 2.13 bits per heavy atom. The van der Waals surface area contributed by atoms with E-state index in [-0.39, 0.29) is 0 Å². The number of fused-ring (bicyclic) bond motifs is 1. The molecule has 1 N–H and O–H groups in total. The van der Waals surface area contributed by atoms with Crippen LogP contribution in [0.1, 0.15) is 12.0 Å². The Hall–Kier alpha value is -0.900. The molecule has 1 aliphatic rings. The van der Waals surface area contributed by atoms with E-state index in [0.717, 1.165) is 11.3 Å². The molecule has 1 aromatic carbocycles. The number of rotatable bonds is 1. The first-order chi connectivity index (χ1) is 6.94. The Balaban J connectivity index is 2.09. The van der Waals surface area contributed by atoms with Crippen LogP contribution in [-0.2, 0) is 6.42 Å². The maximum absolute atomic E-state index is 12.1. The summed E-state index contributed by atoms with van der Waals surface area (Å²) in [6.45, 7) is 0. The molecule has 82 valence electrons. The van der Waals surface area contributed by atoms with Crippen molar-refractivity contribution in [2.24, 2.45) is 0 Å². The molecule has 0 spiro atoms. The summed E-state index contributed by atoms with van der Waals surface area (Å²) in [6, 6.07) is 4.54. The largest absolute Gasteiger partial charge is 0.391 e. The summed E-state index contributed by atoms with van der Waals surface area (Å²) < 4.78 is 36.4. The Bertz CT molecular complexity index is 375. The summed E-state index contributed by atoms with van der Waals surface area (Å²) in [5.41, 5.74) is 1.62. The zero-order chi connectivity index (χ0) is 11.1. The van der Waals surface area contributed by atoms with Crippen LogP contribution < -0.4 is 5.32 Å². The highest BCUT2D eigenvalue weighted by molar-refractivity contribution is 6.30. The first kappa shape index (κ1) is 10.6. The summed E-state index contributed by atoms with van der Waals surface area (Å²) >= 11 is 5.75. The fourth-order valence-corrected chi connectivity index (χ4v) is 2.01. The lowest BCUT2D eigenvalue weighted by atomic mass is 10.1. The van der Waals surface area contributed by atoms with E-state index < -0.39 is 18.6 Å². The van der Waals surface area contributed by atoms with E-state index in [4.69, 9.17) is 11.6 Å². The van der Waals surface area contributed by atoms with Crippen molar-refractivity contribution in [2.75, 3.05) is 5.32 Å². The van der Waals surface area contributed by atoms with Crippen LogP contribution in [0.3, 0.4) is 0 Å². The maximum Gasteiger partial charge on any atom is 0.391 e. The minimum absolute atomic E-state index is 0.384. The van der Waals surface area contributed by atoms with E-state index in [1.54, 1.807) is 18.2 Å². The van der Waals surface area contributed by atoms with Crippen LogP contribution in [0.4, 0.5) is 18.9 Å². The van der Waals surface area contributed by atoms with Gasteiger partial charge in [-0.15, -0.1) is 0 Å². The molecule has 1 aliphatic heterocycles. The second kappa shape index (κ2) is 3.59. The Morgan fingerprint density at radius 3 is 2.80 bits per heavy atom. The van der Waals surface area contributed by atoms with Crippen molar-refractivity contribution in [2.45, 2.75) is 25.1 Å². The van der Waals surface area contributed by atoms with Crippen LogP contribution in [0, 0.1) is 0 Å². The molecular weight excluding hydrogens is 227 g/mol. The van der Waals surface area contributed by atoms with Crippen molar-refractivity contribution >= 4 is 17.3 Å². The molecule has 1 atom stereocenters. The molecule has 1 nitrogen and oxygen atoms in total. The summed E-state index contributed by atoms with van der Waals surface area (Å²) in [4.78, 5) is 0. The standard InChI is InChI=1S/C10H9ClF3N/c11-7-1-2-9-6(3-7)4-8(15-9)5-10(12,13)14/h1-3,8,15H,4-5H2. The second-order valence-electron chi connectivity index (χ2n) is 3.67. The van der Waals surface area contributed by atoms with Crippen molar-refractivity contribution in [3.63, 3.8) is 0 Å². The van der Waals surface area contributed by atoms with Gasteiger partial charge < -0.3 is 5.32 Å². The fourth-order valence-electron chi connectivity index (χ4n) is 1.81. The Morgan fingerprint density at radius 1 is 1.40 bits per heavy atom. The molecule has 0 bridgehead atoms. The smallest absolute Gasteiger partial charge is 0.381 e. The van der Waals surface area contributed by atoms with Gasteiger partial charge in [-0.3, -0.25) is 0 Å². The minimum atomic E-state index is -4.12. The lowest BCUT2D eigenvalue weighted by Gasteiger charge is -2.13. The van der Waals surface area contributed by atoms with Gasteiger partial charge in [0.1, 0.15) is 0 Å². The fraction of sp³-hybridized carbons (Fsp3) is 0.400. The molecule has 0 radical (unpaired) electrons. The van der Waals surface area contributed by atoms with Crippen molar-refractivity contribution in [1.82, 2.24) is 0 Å². The lowest BCUT2D eigenvalue weighted by molar-refractivity contribution is -0.136. The maximum atomic E-state index is 12.1. The molecule has 0 fully saturated rings. The monoisotopic (exact) mass is 235 g/mol. The highest BCUT2D eigenvalue weighted by Crippen LogP contribution is 2.33. The van der Waals surface area contributed by atoms with Crippen LogP contribution in [0.5, 0.6) is 0 Å². The molecule has 0 saturated carbocycles. The highest BCUT2D eigenvalue weighted by atomic mass is 35.5. The molecule has 0 aliphatic carbocycles. The molecule has 1 heterocycles. The van der Waals surface area contributed by atoms with E-state index in [1.807, 2.05) is 0 Å². The predicted octanol–water partition coefficient (Wildman–Crippen LogP) is 3.63. The molecule has 15 heavy (non-hydrogen) atoms. The second-order valence-corrected chi connectivity index (χ2v) is 4.10. The van der Waals surface area contributed by atoms with E-state index in [2.05, 4.69) is 5.32 Å². The number of nitrogens with one attached hydrogen (secondary N) is 1. The van der Waals surface area contributed by atoms with Gasteiger partial charge in [-0.25, -0.2) is 0 Å². The van der Waals surface area contributed by atoms with E-state index >= 15 is 0 Å². The molecular formula is C10H9ClF3N. The molecule has 0 amide bonds. The normalized spacial score (nSPS) is 19.9. The lowest BCUT2D eigenvalue weighted by Crippen LogP contribution is -2.24. The third-order valence-electron chi connectivity index (χ3n) is 2.37. The van der Waals surface area contributed by atoms with Crippen LogP contribution in [-0.4, -0.2) is 12.2 Å². The van der Waals surface area contributed by atoms with Gasteiger partial charge in [0.25, 0.3) is 0 Å². The van der Waals surface area contributed by atoms with Crippen LogP contribution >= 0.6 is 11.6 Å². The van der Waals surface area contributed by atoms with Gasteiger partial charge in [0.05, 0.1) is 6.42 Å². The van der Waals surface area contributed by atoms with Gasteiger partial charge in [0.15, 0.2) is 0 Å².